The second kappa shape index (κ2) is 9.22. The Kier molecular flexibility index (Phi) is 6.13. The van der Waals surface area contributed by atoms with Crippen molar-refractivity contribution in [2.24, 2.45) is 26.8 Å². The van der Waals surface area contributed by atoms with Gasteiger partial charge in [-0.05, 0) is 54.7 Å². The number of fused-ring (bicyclic) bond motifs is 3. The molecule has 1 N–H and O–H groups in total. The summed E-state index contributed by atoms with van der Waals surface area (Å²) in [5, 5.41) is 12.0. The van der Waals surface area contributed by atoms with Gasteiger partial charge in [0.25, 0.3) is 0 Å². The summed E-state index contributed by atoms with van der Waals surface area (Å²) in [6.07, 6.45) is 5.22. The Bertz CT molecular complexity index is 1270. The van der Waals surface area contributed by atoms with Crippen molar-refractivity contribution < 1.29 is 14.2 Å². The van der Waals surface area contributed by atoms with Gasteiger partial charge in [0.15, 0.2) is 0 Å². The van der Waals surface area contributed by atoms with E-state index in [1.807, 2.05) is 6.07 Å². The van der Waals surface area contributed by atoms with Crippen LogP contribution < -0.4 is 0 Å². The molecular weight excluding hydrogens is 455 g/mol. The van der Waals surface area contributed by atoms with Crippen LogP contribution >= 0.6 is 11.6 Å². The van der Waals surface area contributed by atoms with E-state index in [2.05, 4.69) is 26.5 Å². The van der Waals surface area contributed by atoms with Gasteiger partial charge in [-0.15, -0.1) is 0 Å². The van der Waals surface area contributed by atoms with Crippen molar-refractivity contribution in [2.75, 3.05) is 26.7 Å². The van der Waals surface area contributed by atoms with Crippen LogP contribution in [0.5, 0.6) is 5.75 Å². The second-order valence-corrected chi connectivity index (χ2v) is 9.46. The lowest BCUT2D eigenvalue weighted by Crippen LogP contribution is -2.42. The maximum absolute atomic E-state index is 15.5. The molecule has 0 spiro atoms. The number of aliphatic imine (C=N–C) groups is 3. The van der Waals surface area contributed by atoms with Crippen LogP contribution in [0.15, 0.2) is 63.3 Å². The lowest BCUT2D eigenvalue weighted by molar-refractivity contribution is 0.253. The SMILES string of the molecule is C=C1C=N/C(c2cc(O)cc3cccc(Cl)c23)=C(/F)CN=C(OC)/N=C\1N1CC2CCC(C2)C1. The Morgan fingerprint density at radius 3 is 2.71 bits per heavy atom. The molecular formula is C26H26ClFN4O2. The predicted molar refractivity (Wildman–Crippen MR) is 135 cm³/mol. The molecule has 1 aliphatic carbocycles. The van der Waals surface area contributed by atoms with Crippen molar-refractivity contribution in [3.8, 4) is 5.75 Å². The van der Waals surface area contributed by atoms with Crippen molar-refractivity contribution in [1.82, 2.24) is 4.90 Å². The molecule has 2 heterocycles. The molecule has 0 aromatic heterocycles. The summed E-state index contributed by atoms with van der Waals surface area (Å²) in [5.41, 5.74) is 0.953. The van der Waals surface area contributed by atoms with E-state index in [9.17, 15) is 5.11 Å². The molecule has 0 radical (unpaired) electrons. The molecule has 0 amide bonds. The minimum atomic E-state index is -0.597. The number of ether oxygens (including phenoxy) is 1. The van der Waals surface area contributed by atoms with Gasteiger partial charge in [0, 0.05) is 40.8 Å². The Labute approximate surface area is 202 Å². The van der Waals surface area contributed by atoms with E-state index in [1.54, 1.807) is 18.2 Å². The maximum atomic E-state index is 15.5. The van der Waals surface area contributed by atoms with Gasteiger partial charge in [0.05, 0.1) is 13.7 Å². The number of amidine groups is 2. The molecule has 1 saturated carbocycles. The molecule has 2 fully saturated rings. The Balaban J connectivity index is 1.60. The molecule has 3 aliphatic rings. The van der Waals surface area contributed by atoms with Crippen LogP contribution in [0.1, 0.15) is 24.8 Å². The van der Waals surface area contributed by atoms with Crippen molar-refractivity contribution >= 4 is 46.1 Å². The van der Waals surface area contributed by atoms with Gasteiger partial charge in [-0.3, -0.25) is 4.99 Å². The third-order valence-corrected chi connectivity index (χ3v) is 7.02. The molecule has 176 valence electrons. The Morgan fingerprint density at radius 2 is 1.97 bits per heavy atom. The zero-order valence-electron chi connectivity index (χ0n) is 19.0. The van der Waals surface area contributed by atoms with Crippen LogP contribution in [0.2, 0.25) is 5.02 Å². The monoisotopic (exact) mass is 480 g/mol. The van der Waals surface area contributed by atoms with Crippen LogP contribution in [0.4, 0.5) is 4.39 Å². The molecule has 2 aliphatic heterocycles. The number of nitrogens with zero attached hydrogens (tertiary/aromatic N) is 4. The molecule has 8 heteroatoms. The summed E-state index contributed by atoms with van der Waals surface area (Å²) in [7, 11) is 1.47. The fourth-order valence-corrected chi connectivity index (χ4v) is 5.50. The minimum absolute atomic E-state index is 0.0108. The molecule has 2 aromatic rings. The number of phenolic OH excluding ortho intramolecular Hbond substituents is 1. The maximum Gasteiger partial charge on any atom is 0.313 e. The van der Waals surface area contributed by atoms with Gasteiger partial charge in [-0.1, -0.05) is 30.3 Å². The topological polar surface area (TPSA) is 69.8 Å². The van der Waals surface area contributed by atoms with Gasteiger partial charge < -0.3 is 14.7 Å². The van der Waals surface area contributed by atoms with Crippen LogP contribution in [-0.2, 0) is 4.74 Å². The van der Waals surface area contributed by atoms with Gasteiger partial charge in [0.1, 0.15) is 23.1 Å². The number of aromatic hydroxyl groups is 1. The number of hydrogen-bond donors (Lipinski definition) is 1. The highest BCUT2D eigenvalue weighted by molar-refractivity contribution is 6.36. The fraction of sp³-hybridized carbons (Fsp3) is 0.346. The Morgan fingerprint density at radius 1 is 1.21 bits per heavy atom. The van der Waals surface area contributed by atoms with Crippen LogP contribution in [0, 0.1) is 11.8 Å². The van der Waals surface area contributed by atoms with E-state index in [-0.39, 0.29) is 24.0 Å². The zero-order chi connectivity index (χ0) is 23.8. The lowest BCUT2D eigenvalue weighted by Gasteiger charge is -2.34. The highest BCUT2D eigenvalue weighted by atomic mass is 35.5. The molecule has 1 saturated heterocycles. The summed E-state index contributed by atoms with van der Waals surface area (Å²) in [6, 6.07) is 8.44. The second-order valence-electron chi connectivity index (χ2n) is 9.06. The molecule has 6 nitrogen and oxygen atoms in total. The van der Waals surface area contributed by atoms with E-state index < -0.39 is 5.83 Å². The number of rotatable bonds is 1. The zero-order valence-corrected chi connectivity index (χ0v) is 19.7. The average Bonchev–Trinajstić information content (AvgIpc) is 3.16. The number of phenols is 1. The summed E-state index contributed by atoms with van der Waals surface area (Å²) in [6.45, 7) is 5.65. The first kappa shape index (κ1) is 22.6. The minimum Gasteiger partial charge on any atom is -0.508 e. The van der Waals surface area contributed by atoms with Gasteiger partial charge in [0.2, 0.25) is 0 Å². The molecule has 2 bridgehead atoms. The van der Waals surface area contributed by atoms with Crippen molar-refractivity contribution in [3.63, 3.8) is 0 Å². The Hall–Kier alpha value is -3.19. The lowest BCUT2D eigenvalue weighted by atomic mass is 9.98. The summed E-state index contributed by atoms with van der Waals surface area (Å²) in [4.78, 5) is 15.6. The summed E-state index contributed by atoms with van der Waals surface area (Å²) in [5.74, 6) is 1.31. The van der Waals surface area contributed by atoms with Crippen molar-refractivity contribution in [2.45, 2.75) is 19.3 Å². The summed E-state index contributed by atoms with van der Waals surface area (Å²) >= 11 is 6.48. The number of halogens is 2. The largest absolute Gasteiger partial charge is 0.508 e. The normalized spacial score (nSPS) is 26.9. The van der Waals surface area contributed by atoms with E-state index >= 15 is 4.39 Å². The predicted octanol–water partition coefficient (Wildman–Crippen LogP) is 5.61. The molecule has 2 aromatic carbocycles. The molecule has 2 unspecified atom stereocenters. The quantitative estimate of drug-likeness (QED) is 0.576. The molecule has 34 heavy (non-hydrogen) atoms. The van der Waals surface area contributed by atoms with Crippen molar-refractivity contribution in [3.05, 3.63) is 58.9 Å². The molecule has 5 rings (SSSR count). The van der Waals surface area contributed by atoms with Crippen LogP contribution in [0.25, 0.3) is 16.5 Å². The number of piperidine rings is 1. The fourth-order valence-electron chi connectivity index (χ4n) is 5.21. The highest BCUT2D eigenvalue weighted by Crippen LogP contribution is 2.38. The average molecular weight is 481 g/mol. The van der Waals surface area contributed by atoms with Gasteiger partial charge >= 0.3 is 6.02 Å². The highest BCUT2D eigenvalue weighted by Gasteiger charge is 2.34. The number of benzene rings is 2. The number of methoxy groups -OCH3 is 1. The number of hydrogen-bond acceptors (Lipinski definition) is 6. The first-order valence-electron chi connectivity index (χ1n) is 11.4. The van der Waals surface area contributed by atoms with E-state index in [0.29, 0.717) is 44.6 Å². The first-order chi connectivity index (χ1) is 16.4. The third-order valence-electron chi connectivity index (χ3n) is 6.70. The van der Waals surface area contributed by atoms with Gasteiger partial charge in [-0.25, -0.2) is 9.38 Å². The van der Waals surface area contributed by atoms with Crippen LogP contribution in [0.3, 0.4) is 0 Å². The van der Waals surface area contributed by atoms with Crippen molar-refractivity contribution in [1.29, 1.82) is 0 Å². The van der Waals surface area contributed by atoms with Gasteiger partial charge in [-0.2, -0.15) is 4.99 Å². The first-order valence-corrected chi connectivity index (χ1v) is 11.8. The van der Waals surface area contributed by atoms with E-state index in [1.165, 1.54) is 38.7 Å². The van der Waals surface area contributed by atoms with Crippen LogP contribution in [-0.4, -0.2) is 54.8 Å². The van der Waals surface area contributed by atoms with E-state index in [4.69, 9.17) is 16.3 Å². The summed E-state index contributed by atoms with van der Waals surface area (Å²) < 4.78 is 20.8. The standard InChI is InChI=1S/C26H26ClFN4O2/c1-15-11-29-24(20-10-19(33)9-18-4-3-5-21(27)23(18)20)22(28)12-30-26(34-2)31-25(15)32-13-16-6-7-17(8-16)14-32/h3-5,9-11,16-17,33H,1,6-8,12-14H2,2H3/b24-22+,29-11?,30-26?,31-25+. The van der Waals surface area contributed by atoms with E-state index in [0.717, 1.165) is 13.1 Å². The number of likely N-dealkylation sites (tertiary alicyclic amines) is 1. The smallest absolute Gasteiger partial charge is 0.313 e. The molecule has 2 atom stereocenters. The third kappa shape index (κ3) is 4.32.